The normalized spacial score (nSPS) is 7.20. The van der Waals surface area contributed by atoms with Crippen LogP contribution in [0.15, 0.2) is 0 Å². The first-order chi connectivity index (χ1) is 1.73. The Morgan fingerprint density at radius 1 is 1.40 bits per heavy atom. The smallest absolute Gasteiger partial charge is 0.0598 e. The molecule has 1 nitrogen and oxygen atoms in total. The lowest BCUT2D eigenvalue weighted by molar-refractivity contribution is 0.824. The van der Waals surface area contributed by atoms with Gasteiger partial charge in [-0.25, -0.2) is 0 Å². The lowest BCUT2D eigenvalue weighted by Gasteiger charge is -1.73. The van der Waals surface area contributed by atoms with E-state index in [0.29, 0.717) is 0 Å². The van der Waals surface area contributed by atoms with Gasteiger partial charge in [-0.3, -0.25) is 0 Å². The summed E-state index contributed by atoms with van der Waals surface area (Å²) in [4.78, 5) is 0. The average molecular weight is 300 g/mol. The van der Waals surface area contributed by atoms with Crippen molar-refractivity contribution in [3.63, 3.8) is 0 Å². The van der Waals surface area contributed by atoms with E-state index in [9.17, 15) is 0 Å². The second-order valence-electron chi connectivity index (χ2n) is 0.519. The average Bonchev–Trinajstić information content (AvgIpc) is 0.811. The van der Waals surface area contributed by atoms with Gasteiger partial charge in [0.25, 0.3) is 0 Å². The summed E-state index contributed by atoms with van der Waals surface area (Å²) >= 11 is 4.66. The van der Waals surface area contributed by atoms with Gasteiger partial charge in [-0.15, -0.1) is 0 Å². The molecule has 0 spiro atoms. The Balaban J connectivity index is 0. The van der Waals surface area contributed by atoms with Crippen LogP contribution in [0.2, 0.25) is 0 Å². The van der Waals surface area contributed by atoms with Gasteiger partial charge in [0.1, 0.15) is 0 Å². The molecule has 0 aromatic rings. The molecule has 34 valence electrons. The molecule has 2 N–H and O–H groups in total. The van der Waals surface area contributed by atoms with Crippen molar-refractivity contribution in [3.05, 3.63) is 0 Å². The van der Waals surface area contributed by atoms with Crippen molar-refractivity contribution in [1.29, 1.82) is 0 Å². The third-order valence-corrected chi connectivity index (χ3v) is 0. The molecule has 0 saturated carbocycles. The predicted octanol–water partition coefficient (Wildman–Crippen LogP) is 1.38. The molecule has 0 unspecified atom stereocenters. The van der Waals surface area contributed by atoms with Gasteiger partial charge in [0, 0.05) is 0 Å². The number of halogens is 2. The van der Waals surface area contributed by atoms with E-state index in [0.717, 1.165) is 1.93 Å². The summed E-state index contributed by atoms with van der Waals surface area (Å²) in [6.45, 7) is 2.14. The van der Waals surface area contributed by atoms with Gasteiger partial charge >= 0.3 is 0 Å². The van der Waals surface area contributed by atoms with E-state index < -0.39 is 0 Å². The summed E-state index contributed by atoms with van der Waals surface area (Å²) in [5.41, 5.74) is 0. The molecular weight excluding hydrogens is 294 g/mol. The first kappa shape index (κ1) is 9.65. The standard InChI is InChI=1S/C2H4I2.H2O/c1-2(3)4;/h2H,1H3;1H2. The van der Waals surface area contributed by atoms with E-state index in [2.05, 4.69) is 52.1 Å². The monoisotopic (exact) mass is 300 g/mol. The zero-order valence-electron chi connectivity index (χ0n) is 2.83. The van der Waals surface area contributed by atoms with E-state index >= 15 is 0 Å². The van der Waals surface area contributed by atoms with E-state index in [1.165, 1.54) is 0 Å². The molecule has 3 heteroatoms. The maximum Gasteiger partial charge on any atom is 0.0598 e. The van der Waals surface area contributed by atoms with Crippen LogP contribution in [-0.4, -0.2) is 7.41 Å². The fourth-order valence-electron chi connectivity index (χ4n) is 0. The lowest BCUT2D eigenvalue weighted by atomic mass is 11.0. The molecule has 5 heavy (non-hydrogen) atoms. The van der Waals surface area contributed by atoms with Gasteiger partial charge in [0.15, 0.2) is 0 Å². The Labute approximate surface area is 59.1 Å². The first-order valence-electron chi connectivity index (χ1n) is 1.01. The van der Waals surface area contributed by atoms with Gasteiger partial charge in [-0.1, -0.05) is 45.2 Å². The van der Waals surface area contributed by atoms with Crippen LogP contribution in [0.3, 0.4) is 0 Å². The predicted molar refractivity (Wildman–Crippen MR) is 41.1 cm³/mol. The minimum absolute atomic E-state index is 0. The Morgan fingerprint density at radius 3 is 1.40 bits per heavy atom. The van der Waals surface area contributed by atoms with Crippen LogP contribution in [0, 0.1) is 0 Å². The molecule has 0 saturated heterocycles. The molecular formula is C2H6I2O. The van der Waals surface area contributed by atoms with Gasteiger partial charge in [-0.05, 0) is 6.92 Å². The highest BCUT2D eigenvalue weighted by atomic mass is 127. The Kier molecular flexibility index (Phi) is 10.5. The quantitative estimate of drug-likeness (QED) is 0.478. The Morgan fingerprint density at radius 2 is 1.40 bits per heavy atom. The van der Waals surface area contributed by atoms with Crippen LogP contribution in [-0.2, 0) is 0 Å². The molecule has 0 rings (SSSR count). The van der Waals surface area contributed by atoms with Crippen molar-refractivity contribution in [2.24, 2.45) is 0 Å². The highest BCUT2D eigenvalue weighted by molar-refractivity contribution is 14.2. The minimum Gasteiger partial charge on any atom is -0.412 e. The maximum absolute atomic E-state index is 2.33. The van der Waals surface area contributed by atoms with Gasteiger partial charge in [0.05, 0.1) is 1.93 Å². The fraction of sp³-hybridized carbons (Fsp3) is 1.00. The maximum atomic E-state index is 2.33. The Hall–Kier alpha value is 1.42. The number of rotatable bonds is 0. The van der Waals surface area contributed by atoms with Crippen LogP contribution in [0.5, 0.6) is 0 Å². The zero-order chi connectivity index (χ0) is 3.58. The molecule has 0 radical (unpaired) electrons. The molecule has 0 aromatic heterocycles. The second kappa shape index (κ2) is 5.42. The van der Waals surface area contributed by atoms with Crippen molar-refractivity contribution in [2.75, 3.05) is 0 Å². The van der Waals surface area contributed by atoms with Crippen molar-refractivity contribution in [2.45, 2.75) is 8.86 Å². The summed E-state index contributed by atoms with van der Waals surface area (Å²) in [6, 6.07) is 0. The molecule has 0 bridgehead atoms. The van der Waals surface area contributed by atoms with Crippen molar-refractivity contribution < 1.29 is 5.48 Å². The molecule has 0 atom stereocenters. The van der Waals surface area contributed by atoms with Crippen molar-refractivity contribution in [3.8, 4) is 0 Å². The number of hydrogen-bond acceptors (Lipinski definition) is 0. The van der Waals surface area contributed by atoms with E-state index in [4.69, 9.17) is 0 Å². The molecule has 0 aliphatic rings. The minimum atomic E-state index is 0. The van der Waals surface area contributed by atoms with Crippen molar-refractivity contribution in [1.82, 2.24) is 0 Å². The summed E-state index contributed by atoms with van der Waals surface area (Å²) in [7, 11) is 0. The summed E-state index contributed by atoms with van der Waals surface area (Å²) in [5.74, 6) is 0. The third-order valence-electron chi connectivity index (χ3n) is 0. The molecule has 0 aromatic carbocycles. The van der Waals surface area contributed by atoms with Crippen LogP contribution < -0.4 is 0 Å². The number of alkyl halides is 2. The van der Waals surface area contributed by atoms with Crippen LogP contribution in [0.25, 0.3) is 0 Å². The van der Waals surface area contributed by atoms with Crippen LogP contribution >= 0.6 is 45.2 Å². The summed E-state index contributed by atoms with van der Waals surface area (Å²) in [6.07, 6.45) is 0. The SMILES string of the molecule is CC(I)I.O. The summed E-state index contributed by atoms with van der Waals surface area (Å²) in [5, 5.41) is 0. The topological polar surface area (TPSA) is 31.5 Å². The van der Waals surface area contributed by atoms with E-state index in [1.54, 1.807) is 0 Å². The first-order valence-corrected chi connectivity index (χ1v) is 3.51. The van der Waals surface area contributed by atoms with E-state index in [1.807, 2.05) is 0 Å². The lowest BCUT2D eigenvalue weighted by Crippen LogP contribution is -1.59. The zero-order valence-corrected chi connectivity index (χ0v) is 7.15. The highest BCUT2D eigenvalue weighted by Crippen LogP contribution is 2.05. The van der Waals surface area contributed by atoms with Crippen molar-refractivity contribution >= 4 is 45.2 Å². The van der Waals surface area contributed by atoms with Gasteiger partial charge in [-0.2, -0.15) is 0 Å². The van der Waals surface area contributed by atoms with Crippen LogP contribution in [0.4, 0.5) is 0 Å². The molecule has 0 amide bonds. The molecule has 0 aliphatic heterocycles. The molecule has 0 aliphatic carbocycles. The Bertz CT molecular complexity index is 12.4. The summed E-state index contributed by atoms with van der Waals surface area (Å²) < 4.78 is 0.773. The van der Waals surface area contributed by atoms with E-state index in [-0.39, 0.29) is 5.48 Å². The second-order valence-corrected chi connectivity index (χ2v) is 6.64. The van der Waals surface area contributed by atoms with Gasteiger partial charge < -0.3 is 5.48 Å². The van der Waals surface area contributed by atoms with Crippen LogP contribution in [0.1, 0.15) is 6.92 Å². The van der Waals surface area contributed by atoms with Gasteiger partial charge in [0.2, 0.25) is 0 Å². The molecule has 0 fully saturated rings. The molecule has 0 heterocycles. The third kappa shape index (κ3) is 31.4. The number of hydrogen-bond donors (Lipinski definition) is 0. The fourth-order valence-corrected chi connectivity index (χ4v) is 0. The largest absolute Gasteiger partial charge is 0.412 e. The highest BCUT2D eigenvalue weighted by Gasteiger charge is 1.73.